The molecule has 1 saturated heterocycles. The molecule has 1 aliphatic rings. The van der Waals surface area contributed by atoms with Crippen LogP contribution in [0.2, 0.25) is 0 Å². The molecule has 1 fully saturated rings. The predicted octanol–water partition coefficient (Wildman–Crippen LogP) is 0.303. The summed E-state index contributed by atoms with van der Waals surface area (Å²) >= 11 is 0. The van der Waals surface area contributed by atoms with Crippen molar-refractivity contribution >= 4 is 0 Å². The molecule has 2 nitrogen and oxygen atoms in total. The van der Waals surface area contributed by atoms with Gasteiger partial charge in [-0.15, -0.1) is 6.42 Å². The maximum atomic E-state index is 5.15. The van der Waals surface area contributed by atoms with Gasteiger partial charge in [0.1, 0.15) is 0 Å². The van der Waals surface area contributed by atoms with Gasteiger partial charge in [-0.1, -0.05) is 5.92 Å². The number of nitrogens with one attached hydrogen (secondary N) is 1. The van der Waals surface area contributed by atoms with Crippen LogP contribution in [0.4, 0.5) is 0 Å². The average Bonchev–Trinajstić information content (AvgIpc) is 2.01. The number of piperidine rings is 1. The lowest BCUT2D eigenvalue weighted by Gasteiger charge is -2.29. The zero-order valence-corrected chi connectivity index (χ0v) is 7.14. The third-order valence-electron chi connectivity index (χ3n) is 2.12. The van der Waals surface area contributed by atoms with Gasteiger partial charge in [0.25, 0.3) is 0 Å². The van der Waals surface area contributed by atoms with Gasteiger partial charge in [0.2, 0.25) is 0 Å². The van der Waals surface area contributed by atoms with Gasteiger partial charge < -0.3 is 10.2 Å². The molecule has 0 amide bonds. The molecule has 1 N–H and O–H groups in total. The van der Waals surface area contributed by atoms with Gasteiger partial charge in [-0.3, -0.25) is 0 Å². The molecule has 0 spiro atoms. The first kappa shape index (κ1) is 8.58. The topological polar surface area (TPSA) is 15.3 Å². The maximum absolute atomic E-state index is 5.15. The first-order valence-electron chi connectivity index (χ1n) is 4.18. The van der Waals surface area contributed by atoms with Crippen LogP contribution in [0, 0.1) is 12.3 Å². The van der Waals surface area contributed by atoms with Crippen molar-refractivity contribution in [3.8, 4) is 12.3 Å². The van der Waals surface area contributed by atoms with E-state index in [2.05, 4.69) is 23.2 Å². The minimum Gasteiger partial charge on any atom is -0.305 e. The molecule has 0 saturated carbocycles. The Morgan fingerprint density at radius 1 is 1.73 bits per heavy atom. The fourth-order valence-corrected chi connectivity index (χ4v) is 1.54. The van der Waals surface area contributed by atoms with Crippen molar-refractivity contribution in [2.75, 3.05) is 26.7 Å². The molecule has 62 valence electrons. The molecule has 0 aromatic heterocycles. The third kappa shape index (κ3) is 2.92. The second-order valence-corrected chi connectivity index (χ2v) is 3.19. The second kappa shape index (κ2) is 4.38. The van der Waals surface area contributed by atoms with Gasteiger partial charge in [-0.25, -0.2) is 0 Å². The zero-order chi connectivity index (χ0) is 8.10. The molecule has 2 heteroatoms. The van der Waals surface area contributed by atoms with Crippen molar-refractivity contribution < 1.29 is 0 Å². The summed E-state index contributed by atoms with van der Waals surface area (Å²) in [5.74, 6) is 2.60. The second-order valence-electron chi connectivity index (χ2n) is 3.19. The molecule has 1 heterocycles. The highest BCUT2D eigenvalue weighted by molar-refractivity contribution is 4.89. The highest BCUT2D eigenvalue weighted by atomic mass is 15.1. The van der Waals surface area contributed by atoms with Crippen LogP contribution in [0.15, 0.2) is 0 Å². The van der Waals surface area contributed by atoms with Crippen LogP contribution in [0.25, 0.3) is 0 Å². The maximum Gasteiger partial charge on any atom is 0.0576 e. The summed E-state index contributed by atoms with van der Waals surface area (Å²) < 4.78 is 0. The van der Waals surface area contributed by atoms with Gasteiger partial charge in [-0.05, 0) is 26.4 Å². The van der Waals surface area contributed by atoms with E-state index in [4.69, 9.17) is 6.42 Å². The molecule has 1 unspecified atom stereocenters. The average molecular weight is 152 g/mol. The minimum atomic E-state index is 0.616. The number of nitrogens with zero attached hydrogens (tertiary/aromatic N) is 1. The lowest BCUT2D eigenvalue weighted by atomic mass is 10.1. The normalized spacial score (nSPS) is 26.4. The van der Waals surface area contributed by atoms with Crippen LogP contribution < -0.4 is 5.32 Å². The molecule has 11 heavy (non-hydrogen) atoms. The quantitative estimate of drug-likeness (QED) is 0.573. The predicted molar refractivity (Wildman–Crippen MR) is 47.4 cm³/mol. The number of terminal acetylenes is 1. The van der Waals surface area contributed by atoms with E-state index >= 15 is 0 Å². The summed E-state index contributed by atoms with van der Waals surface area (Å²) in [4.78, 5) is 2.34. The van der Waals surface area contributed by atoms with Crippen LogP contribution in [-0.4, -0.2) is 37.6 Å². The Bertz CT molecular complexity index is 148. The molecule has 1 aliphatic heterocycles. The molecule has 1 rings (SSSR count). The molecular formula is C9H16N2. The number of hydrogen-bond donors (Lipinski definition) is 1. The van der Waals surface area contributed by atoms with Crippen LogP contribution >= 0.6 is 0 Å². The summed E-state index contributed by atoms with van der Waals surface area (Å²) in [5.41, 5.74) is 0. The van der Waals surface area contributed by atoms with Gasteiger partial charge >= 0.3 is 0 Å². The lowest BCUT2D eigenvalue weighted by Crippen LogP contribution is -2.43. The lowest BCUT2D eigenvalue weighted by molar-refractivity contribution is 0.231. The van der Waals surface area contributed by atoms with E-state index < -0.39 is 0 Å². The number of hydrogen-bond acceptors (Lipinski definition) is 2. The summed E-state index contributed by atoms with van der Waals surface area (Å²) in [6.45, 7) is 3.08. The Labute approximate surface area is 69.0 Å². The molecular weight excluding hydrogens is 136 g/mol. The summed E-state index contributed by atoms with van der Waals surface area (Å²) in [6.07, 6.45) is 7.71. The van der Waals surface area contributed by atoms with Crippen LogP contribution in [0.5, 0.6) is 0 Å². The smallest absolute Gasteiger partial charge is 0.0576 e. The zero-order valence-electron chi connectivity index (χ0n) is 7.14. The van der Waals surface area contributed by atoms with E-state index in [9.17, 15) is 0 Å². The number of rotatable bonds is 2. The van der Waals surface area contributed by atoms with Crippen molar-refractivity contribution in [1.29, 1.82) is 0 Å². The third-order valence-corrected chi connectivity index (χ3v) is 2.12. The van der Waals surface area contributed by atoms with Gasteiger partial charge in [0, 0.05) is 12.6 Å². The van der Waals surface area contributed by atoms with Crippen molar-refractivity contribution in [2.24, 2.45) is 0 Å². The Balaban J connectivity index is 2.18. The molecule has 0 aliphatic carbocycles. The number of likely N-dealkylation sites (tertiary alicyclic amines) is 1. The Hall–Kier alpha value is -0.520. The van der Waals surface area contributed by atoms with E-state index in [0.29, 0.717) is 12.6 Å². The highest BCUT2D eigenvalue weighted by Gasteiger charge is 2.15. The van der Waals surface area contributed by atoms with E-state index in [-0.39, 0.29) is 0 Å². The van der Waals surface area contributed by atoms with Crippen molar-refractivity contribution in [3.63, 3.8) is 0 Å². The van der Waals surface area contributed by atoms with Gasteiger partial charge in [0.15, 0.2) is 0 Å². The van der Waals surface area contributed by atoms with Crippen LogP contribution in [-0.2, 0) is 0 Å². The Morgan fingerprint density at radius 3 is 3.18 bits per heavy atom. The first-order chi connectivity index (χ1) is 5.33. The Kier molecular flexibility index (Phi) is 3.41. The van der Waals surface area contributed by atoms with Crippen molar-refractivity contribution in [2.45, 2.75) is 18.9 Å². The molecule has 0 aromatic carbocycles. The fraction of sp³-hybridized carbons (Fsp3) is 0.778. The van der Waals surface area contributed by atoms with E-state index in [0.717, 1.165) is 6.54 Å². The van der Waals surface area contributed by atoms with Crippen molar-refractivity contribution in [1.82, 2.24) is 10.2 Å². The monoisotopic (exact) mass is 152 g/mol. The van der Waals surface area contributed by atoms with E-state index in [1.165, 1.54) is 19.4 Å². The van der Waals surface area contributed by atoms with E-state index in [1.54, 1.807) is 0 Å². The molecule has 0 bridgehead atoms. The van der Waals surface area contributed by atoms with Gasteiger partial charge in [0.05, 0.1) is 6.54 Å². The first-order valence-corrected chi connectivity index (χ1v) is 4.18. The Morgan fingerprint density at radius 2 is 2.55 bits per heavy atom. The standard InChI is InChI=1S/C9H16N2/c1-3-6-10-9-5-4-7-11(2)8-9/h1,9-10H,4-8H2,2H3. The molecule has 0 radical (unpaired) electrons. The molecule has 0 aromatic rings. The van der Waals surface area contributed by atoms with E-state index in [1.807, 2.05) is 0 Å². The summed E-state index contributed by atoms with van der Waals surface area (Å²) in [5, 5.41) is 3.32. The largest absolute Gasteiger partial charge is 0.305 e. The summed E-state index contributed by atoms with van der Waals surface area (Å²) in [6, 6.07) is 0.616. The molecule has 1 atom stereocenters. The van der Waals surface area contributed by atoms with Gasteiger partial charge in [-0.2, -0.15) is 0 Å². The van der Waals surface area contributed by atoms with Crippen LogP contribution in [0.1, 0.15) is 12.8 Å². The highest BCUT2D eigenvalue weighted by Crippen LogP contribution is 2.06. The fourth-order valence-electron chi connectivity index (χ4n) is 1.54. The minimum absolute atomic E-state index is 0.616. The summed E-state index contributed by atoms with van der Waals surface area (Å²) in [7, 11) is 2.16. The van der Waals surface area contributed by atoms with Crippen LogP contribution in [0.3, 0.4) is 0 Å². The SMILES string of the molecule is C#CCNC1CCCN(C)C1. The number of likely N-dealkylation sites (N-methyl/N-ethyl adjacent to an activating group) is 1. The van der Waals surface area contributed by atoms with Crippen molar-refractivity contribution in [3.05, 3.63) is 0 Å².